The first kappa shape index (κ1) is 33.0. The lowest BCUT2D eigenvalue weighted by Crippen LogP contribution is -2.62. The van der Waals surface area contributed by atoms with Crippen molar-refractivity contribution >= 4 is 5.97 Å². The zero-order valence-electron chi connectivity index (χ0n) is 30.1. The lowest BCUT2D eigenvalue weighted by Gasteiger charge is -2.70. The fourth-order valence-corrected chi connectivity index (χ4v) is 11.0. The summed E-state index contributed by atoms with van der Waals surface area (Å²) < 4.78 is 12.3. The minimum Gasteiger partial charge on any atom is -0.504 e. The average Bonchev–Trinajstić information content (AvgIpc) is 3.07. The number of allylic oxidation sites excluding steroid dienone is 2. The van der Waals surface area contributed by atoms with Gasteiger partial charge in [-0.3, -0.25) is 4.79 Å². The number of phenols is 1. The number of benzene rings is 3. The molecule has 0 radical (unpaired) electrons. The molecule has 4 aliphatic rings. The summed E-state index contributed by atoms with van der Waals surface area (Å²) in [6.45, 7) is 17.4. The molecule has 4 heteroatoms. The van der Waals surface area contributed by atoms with E-state index in [0.29, 0.717) is 24.9 Å². The predicted octanol–water partition coefficient (Wildman–Crippen LogP) is 10.7. The summed E-state index contributed by atoms with van der Waals surface area (Å²) >= 11 is 0. The summed E-state index contributed by atoms with van der Waals surface area (Å²) in [5, 5.41) is 11.5. The van der Waals surface area contributed by atoms with Gasteiger partial charge in [-0.25, -0.2) is 0 Å². The van der Waals surface area contributed by atoms with Crippen molar-refractivity contribution in [3.05, 3.63) is 106 Å². The van der Waals surface area contributed by atoms with Gasteiger partial charge in [0.2, 0.25) is 0 Å². The topological polar surface area (TPSA) is 55.8 Å². The van der Waals surface area contributed by atoms with Crippen LogP contribution in [0, 0.1) is 34.5 Å². The molecule has 0 aliphatic heterocycles. The molecular weight excluding hydrogens is 592 g/mol. The van der Waals surface area contributed by atoms with Crippen LogP contribution >= 0.6 is 0 Å². The number of carbonyl (C=O) groups is 1. The molecule has 7 atom stereocenters. The molecule has 4 nitrogen and oxygen atoms in total. The zero-order valence-corrected chi connectivity index (χ0v) is 30.1. The summed E-state index contributed by atoms with van der Waals surface area (Å²) in [6, 6.07) is 22.2. The monoisotopic (exact) mass is 646 g/mol. The molecule has 1 unspecified atom stereocenters. The standard InChI is InChI=1S/C44H54O4/c1-29-24-35-42(5,33-25-34(45)38(30(2)37(29)33)47-27-31-14-10-8-11-15-31)21-23-44(7)36-26-41(4,19-18-40(36,3)20-22-43(35,44)6)39(46)48-28-32-16-12-9-13-17-32/h8-17,24-25,29,36,45H,18-23,26-28H2,1-7H3/t29?,36-,40-,41-,42+,43-,44+/m1/s1. The van der Waals surface area contributed by atoms with Gasteiger partial charge in [0.1, 0.15) is 13.2 Å². The third-order valence-electron chi connectivity index (χ3n) is 14.2. The SMILES string of the molecule is Cc1c(OCc2ccccc2)c(O)cc2c1C(C)C=C1[C@@]2(C)CC[C@@]2(C)[C@@H]3C[C@](C)(C(=O)OCc4ccccc4)CC[C@]3(C)CC[C@]12C. The summed E-state index contributed by atoms with van der Waals surface area (Å²) in [5.41, 5.74) is 6.87. The van der Waals surface area contributed by atoms with Gasteiger partial charge in [0.05, 0.1) is 5.41 Å². The van der Waals surface area contributed by atoms with Gasteiger partial charge in [-0.05, 0) is 121 Å². The largest absolute Gasteiger partial charge is 0.504 e. The van der Waals surface area contributed by atoms with E-state index in [0.717, 1.165) is 55.2 Å². The highest BCUT2D eigenvalue weighted by atomic mass is 16.5. The lowest BCUT2D eigenvalue weighted by atomic mass is 9.34. The van der Waals surface area contributed by atoms with Crippen molar-refractivity contribution in [3.63, 3.8) is 0 Å². The fourth-order valence-electron chi connectivity index (χ4n) is 11.0. The van der Waals surface area contributed by atoms with Gasteiger partial charge >= 0.3 is 5.97 Å². The highest BCUT2D eigenvalue weighted by Crippen LogP contribution is 2.75. The van der Waals surface area contributed by atoms with Crippen LogP contribution in [0.15, 0.2) is 78.4 Å². The Morgan fingerprint density at radius 1 is 0.833 bits per heavy atom. The van der Waals surface area contributed by atoms with E-state index in [9.17, 15) is 9.90 Å². The van der Waals surface area contributed by atoms with Crippen LogP contribution < -0.4 is 4.74 Å². The van der Waals surface area contributed by atoms with Crippen molar-refractivity contribution in [3.8, 4) is 11.5 Å². The number of ether oxygens (including phenoxy) is 2. The van der Waals surface area contributed by atoms with E-state index < -0.39 is 5.41 Å². The molecule has 0 aromatic heterocycles. The number of hydrogen-bond acceptors (Lipinski definition) is 4. The van der Waals surface area contributed by atoms with Crippen LogP contribution in [0.2, 0.25) is 0 Å². The quantitative estimate of drug-likeness (QED) is 0.214. The molecule has 0 heterocycles. The van der Waals surface area contributed by atoms with Crippen molar-refractivity contribution in [1.82, 2.24) is 0 Å². The van der Waals surface area contributed by atoms with Crippen LogP contribution in [-0.2, 0) is 28.2 Å². The molecule has 0 spiro atoms. The average molecular weight is 647 g/mol. The number of rotatable bonds is 6. The van der Waals surface area contributed by atoms with Gasteiger partial charge in [-0.15, -0.1) is 0 Å². The molecule has 3 fully saturated rings. The van der Waals surface area contributed by atoms with Gasteiger partial charge < -0.3 is 14.6 Å². The van der Waals surface area contributed by atoms with E-state index in [1.54, 1.807) is 5.57 Å². The first-order valence-corrected chi connectivity index (χ1v) is 18.2. The molecule has 1 N–H and O–H groups in total. The molecule has 0 saturated heterocycles. The number of fused-ring (bicyclic) bond motifs is 7. The second-order valence-corrected chi connectivity index (χ2v) is 17.1. The van der Waals surface area contributed by atoms with E-state index in [2.05, 4.69) is 66.7 Å². The van der Waals surface area contributed by atoms with Crippen LogP contribution in [0.3, 0.4) is 0 Å². The molecule has 0 amide bonds. The highest BCUT2D eigenvalue weighted by Gasteiger charge is 2.67. The van der Waals surface area contributed by atoms with Crippen LogP contribution in [0.1, 0.15) is 120 Å². The summed E-state index contributed by atoms with van der Waals surface area (Å²) in [6.07, 6.45) is 9.85. The van der Waals surface area contributed by atoms with Gasteiger partial charge in [0.25, 0.3) is 0 Å². The Morgan fingerprint density at radius 3 is 2.12 bits per heavy atom. The number of esters is 1. The van der Waals surface area contributed by atoms with Crippen molar-refractivity contribution in [2.75, 3.05) is 0 Å². The second-order valence-electron chi connectivity index (χ2n) is 17.1. The molecule has 7 rings (SSSR count). The Morgan fingerprint density at radius 2 is 1.46 bits per heavy atom. The van der Waals surface area contributed by atoms with Crippen molar-refractivity contribution < 1.29 is 19.4 Å². The second kappa shape index (κ2) is 11.5. The Balaban J connectivity index is 1.20. The summed E-state index contributed by atoms with van der Waals surface area (Å²) in [4.78, 5) is 13.8. The third-order valence-corrected chi connectivity index (χ3v) is 14.2. The van der Waals surface area contributed by atoms with E-state index in [1.807, 2.05) is 54.6 Å². The first-order chi connectivity index (χ1) is 22.7. The van der Waals surface area contributed by atoms with Crippen LogP contribution in [0.5, 0.6) is 11.5 Å². The molecule has 48 heavy (non-hydrogen) atoms. The van der Waals surface area contributed by atoms with Crippen LogP contribution in [0.25, 0.3) is 0 Å². The number of hydrogen-bond donors (Lipinski definition) is 1. The van der Waals surface area contributed by atoms with Crippen molar-refractivity contribution in [1.29, 1.82) is 0 Å². The number of aromatic hydroxyl groups is 1. The Labute approximate surface area is 288 Å². The maximum absolute atomic E-state index is 13.8. The Kier molecular flexibility index (Phi) is 7.92. The van der Waals surface area contributed by atoms with Crippen LogP contribution in [-0.4, -0.2) is 11.1 Å². The minimum absolute atomic E-state index is 0.0195. The lowest BCUT2D eigenvalue weighted by molar-refractivity contribution is -0.182. The normalized spacial score (nSPS) is 35.3. The molecular formula is C44H54O4. The third kappa shape index (κ3) is 4.95. The summed E-state index contributed by atoms with van der Waals surface area (Å²) in [7, 11) is 0. The first-order valence-electron chi connectivity index (χ1n) is 18.2. The predicted molar refractivity (Wildman–Crippen MR) is 192 cm³/mol. The highest BCUT2D eigenvalue weighted by molar-refractivity contribution is 5.76. The van der Waals surface area contributed by atoms with Crippen molar-refractivity contribution in [2.45, 2.75) is 118 Å². The van der Waals surface area contributed by atoms with Crippen molar-refractivity contribution in [2.24, 2.45) is 27.6 Å². The molecule has 3 aromatic carbocycles. The van der Waals surface area contributed by atoms with E-state index in [4.69, 9.17) is 9.47 Å². The molecule has 3 aromatic rings. The minimum atomic E-state index is -0.485. The van der Waals surface area contributed by atoms with E-state index in [-0.39, 0.29) is 39.3 Å². The van der Waals surface area contributed by atoms with E-state index >= 15 is 0 Å². The van der Waals surface area contributed by atoms with E-state index in [1.165, 1.54) is 17.5 Å². The maximum Gasteiger partial charge on any atom is 0.312 e. The summed E-state index contributed by atoms with van der Waals surface area (Å²) in [5.74, 6) is 1.42. The zero-order chi connectivity index (χ0) is 34.1. The molecule has 254 valence electrons. The van der Waals surface area contributed by atoms with Crippen LogP contribution in [0.4, 0.5) is 0 Å². The van der Waals surface area contributed by atoms with Gasteiger partial charge in [0, 0.05) is 5.41 Å². The number of carbonyl (C=O) groups excluding carboxylic acids is 1. The smallest absolute Gasteiger partial charge is 0.312 e. The molecule has 3 saturated carbocycles. The molecule has 4 aliphatic carbocycles. The Hall–Kier alpha value is -3.53. The van der Waals surface area contributed by atoms with Gasteiger partial charge in [-0.1, -0.05) is 107 Å². The molecule has 0 bridgehead atoms. The van der Waals surface area contributed by atoms with Gasteiger partial charge in [-0.2, -0.15) is 0 Å². The maximum atomic E-state index is 13.8. The number of phenolic OH excluding ortho intramolecular Hbond substituents is 1. The Bertz CT molecular complexity index is 1740. The van der Waals surface area contributed by atoms with Gasteiger partial charge in [0.15, 0.2) is 11.5 Å². The fraction of sp³-hybridized carbons (Fsp3) is 0.523.